The fourth-order valence-electron chi connectivity index (χ4n) is 4.93. The lowest BCUT2D eigenvalue weighted by atomic mass is 9.70. The largest absolute Gasteiger partial charge is 0.435 e. The third kappa shape index (κ3) is 3.89. The van der Waals surface area contributed by atoms with Gasteiger partial charge in [-0.25, -0.2) is 14.5 Å². The second-order valence-electron chi connectivity index (χ2n) is 10.2. The van der Waals surface area contributed by atoms with Gasteiger partial charge in [0.25, 0.3) is 0 Å². The van der Waals surface area contributed by atoms with E-state index in [1.54, 1.807) is 29.1 Å². The maximum atomic E-state index is 13.0. The van der Waals surface area contributed by atoms with Gasteiger partial charge in [0.2, 0.25) is 0 Å². The van der Waals surface area contributed by atoms with Gasteiger partial charge in [-0.2, -0.15) is 18.3 Å². The van der Waals surface area contributed by atoms with Crippen molar-refractivity contribution in [2.45, 2.75) is 78.9 Å². The van der Waals surface area contributed by atoms with Crippen molar-refractivity contribution in [3.8, 4) is 0 Å². The number of rotatable bonds is 5. The van der Waals surface area contributed by atoms with Crippen LogP contribution in [-0.2, 0) is 25.6 Å². The molecular formula is C24H29F3N6S. The van der Waals surface area contributed by atoms with Crippen LogP contribution in [0.25, 0.3) is 15.9 Å². The lowest BCUT2D eigenvalue weighted by molar-refractivity contribution is -0.141. The first-order chi connectivity index (χ1) is 16.0. The molecule has 0 aliphatic heterocycles. The molecule has 0 N–H and O–H groups in total. The van der Waals surface area contributed by atoms with Crippen molar-refractivity contribution in [2.24, 2.45) is 11.3 Å². The highest BCUT2D eigenvalue weighted by Gasteiger charge is 2.35. The number of alkyl halides is 3. The maximum absolute atomic E-state index is 13.0. The maximum Gasteiger partial charge on any atom is 0.435 e. The molecule has 0 fully saturated rings. The van der Waals surface area contributed by atoms with Gasteiger partial charge in [-0.05, 0) is 49.1 Å². The van der Waals surface area contributed by atoms with Crippen LogP contribution in [0.1, 0.15) is 74.1 Å². The number of aromatic nitrogens is 6. The first kappa shape index (κ1) is 23.3. The van der Waals surface area contributed by atoms with Crippen molar-refractivity contribution in [3.05, 3.63) is 40.0 Å². The van der Waals surface area contributed by atoms with Crippen LogP contribution in [0.2, 0.25) is 0 Å². The molecule has 2 unspecified atom stereocenters. The molecule has 0 saturated carbocycles. The predicted octanol–water partition coefficient (Wildman–Crippen LogP) is 6.21. The van der Waals surface area contributed by atoms with Crippen molar-refractivity contribution in [2.75, 3.05) is 0 Å². The summed E-state index contributed by atoms with van der Waals surface area (Å²) in [5, 5.41) is 9.46. The Morgan fingerprint density at radius 1 is 1.24 bits per heavy atom. The molecule has 0 saturated heterocycles. The highest BCUT2D eigenvalue weighted by atomic mass is 32.1. The van der Waals surface area contributed by atoms with Crippen molar-refractivity contribution in [3.63, 3.8) is 0 Å². The molecule has 10 heteroatoms. The van der Waals surface area contributed by atoms with Crippen LogP contribution in [-0.4, -0.2) is 29.4 Å². The molecule has 0 aromatic carbocycles. The van der Waals surface area contributed by atoms with E-state index in [4.69, 9.17) is 4.98 Å². The normalized spacial score (nSPS) is 18.1. The second kappa shape index (κ2) is 8.03. The summed E-state index contributed by atoms with van der Waals surface area (Å²) < 4.78 is 42.2. The number of fused-ring (bicyclic) bond motifs is 5. The van der Waals surface area contributed by atoms with E-state index in [1.165, 1.54) is 15.1 Å². The molecule has 34 heavy (non-hydrogen) atoms. The van der Waals surface area contributed by atoms with Gasteiger partial charge in [-0.3, -0.25) is 4.68 Å². The molecule has 0 radical (unpaired) electrons. The van der Waals surface area contributed by atoms with E-state index in [1.807, 2.05) is 6.92 Å². The van der Waals surface area contributed by atoms with E-state index in [0.717, 1.165) is 47.6 Å². The summed E-state index contributed by atoms with van der Waals surface area (Å²) in [6.45, 7) is 10.8. The average Bonchev–Trinajstić information content (AvgIpc) is 3.47. The van der Waals surface area contributed by atoms with E-state index in [0.29, 0.717) is 22.9 Å². The van der Waals surface area contributed by atoms with Crippen LogP contribution in [0.4, 0.5) is 13.2 Å². The number of nitrogens with zero attached hydrogens (tertiary/aromatic N) is 6. The highest BCUT2D eigenvalue weighted by molar-refractivity contribution is 7.19. The Kier molecular flexibility index (Phi) is 5.50. The SMILES string of the molecule is CCC(C)(C)C1CCc2c(sc3ncn4nc(C(C)Cn5nc(C(F)(F)F)cc5C)nc4c23)C1. The predicted molar refractivity (Wildman–Crippen MR) is 126 cm³/mol. The number of halogens is 3. The second-order valence-corrected chi connectivity index (χ2v) is 11.3. The molecule has 4 aromatic heterocycles. The minimum absolute atomic E-state index is 0.209. The molecule has 1 aliphatic rings. The quantitative estimate of drug-likeness (QED) is 0.334. The van der Waals surface area contributed by atoms with Gasteiger partial charge >= 0.3 is 6.18 Å². The Morgan fingerprint density at radius 2 is 2.00 bits per heavy atom. The van der Waals surface area contributed by atoms with Gasteiger partial charge in [0.15, 0.2) is 17.2 Å². The summed E-state index contributed by atoms with van der Waals surface area (Å²) >= 11 is 1.76. The van der Waals surface area contributed by atoms with Crippen molar-refractivity contribution in [1.29, 1.82) is 0 Å². The number of thiophene rings is 1. The third-order valence-corrected chi connectivity index (χ3v) is 8.74. The van der Waals surface area contributed by atoms with E-state index < -0.39 is 11.9 Å². The van der Waals surface area contributed by atoms with E-state index in [-0.39, 0.29) is 12.5 Å². The monoisotopic (exact) mass is 490 g/mol. The number of hydrogen-bond acceptors (Lipinski definition) is 5. The van der Waals surface area contributed by atoms with Crippen LogP contribution >= 0.6 is 11.3 Å². The summed E-state index contributed by atoms with van der Waals surface area (Å²) in [5.41, 5.74) is 2.02. The Bertz CT molecular complexity index is 1360. The van der Waals surface area contributed by atoms with Crippen LogP contribution in [0.15, 0.2) is 12.4 Å². The molecule has 0 spiro atoms. The zero-order chi connectivity index (χ0) is 24.4. The van der Waals surface area contributed by atoms with Crippen molar-refractivity contribution >= 4 is 27.2 Å². The number of aryl methyl sites for hydroxylation is 2. The molecule has 1 aliphatic carbocycles. The number of hydrogen-bond donors (Lipinski definition) is 0. The van der Waals surface area contributed by atoms with Crippen LogP contribution < -0.4 is 0 Å². The van der Waals surface area contributed by atoms with Gasteiger partial charge in [0.05, 0.1) is 11.9 Å². The average molecular weight is 491 g/mol. The standard InChI is InChI=1S/C24H29F3N6S/c1-6-23(4,5)15-7-8-16-17(10-15)34-22-19(16)21-29-20(31-33(21)12-28-22)13(2)11-32-14(3)9-18(30-32)24(25,26)27/h9,12-13,15H,6-8,10-11H2,1-5H3. The van der Waals surface area contributed by atoms with E-state index in [2.05, 4.69) is 36.0 Å². The molecule has 182 valence electrons. The van der Waals surface area contributed by atoms with Gasteiger partial charge in [0.1, 0.15) is 11.2 Å². The summed E-state index contributed by atoms with van der Waals surface area (Å²) in [4.78, 5) is 11.9. The molecule has 0 bridgehead atoms. The summed E-state index contributed by atoms with van der Waals surface area (Å²) in [6, 6.07) is 1.07. The molecule has 6 nitrogen and oxygen atoms in total. The molecule has 4 heterocycles. The zero-order valence-corrected chi connectivity index (χ0v) is 20.9. The first-order valence-corrected chi connectivity index (χ1v) is 12.6. The van der Waals surface area contributed by atoms with E-state index in [9.17, 15) is 13.2 Å². The van der Waals surface area contributed by atoms with Crippen LogP contribution in [0, 0.1) is 18.3 Å². The lowest BCUT2D eigenvalue weighted by Crippen LogP contribution is -2.28. The van der Waals surface area contributed by atoms with Crippen LogP contribution in [0.3, 0.4) is 0 Å². The molecule has 5 rings (SSSR count). The summed E-state index contributed by atoms with van der Waals surface area (Å²) in [6.07, 6.45) is 1.62. The Morgan fingerprint density at radius 3 is 2.68 bits per heavy atom. The fourth-order valence-corrected chi connectivity index (χ4v) is 6.19. The Labute approximate surface area is 200 Å². The minimum Gasteiger partial charge on any atom is -0.269 e. The minimum atomic E-state index is -4.46. The fraction of sp³-hybridized carbons (Fsp3) is 0.583. The molecular weight excluding hydrogens is 461 g/mol. The summed E-state index contributed by atoms with van der Waals surface area (Å²) in [5.74, 6) is 1.03. The van der Waals surface area contributed by atoms with Crippen LogP contribution in [0.5, 0.6) is 0 Å². The first-order valence-electron chi connectivity index (χ1n) is 11.7. The van der Waals surface area contributed by atoms with Gasteiger partial charge in [-0.15, -0.1) is 16.4 Å². The van der Waals surface area contributed by atoms with Gasteiger partial charge < -0.3 is 0 Å². The lowest BCUT2D eigenvalue weighted by Gasteiger charge is -2.36. The smallest absolute Gasteiger partial charge is 0.269 e. The topological polar surface area (TPSA) is 60.9 Å². The third-order valence-electron chi connectivity index (χ3n) is 7.58. The molecule has 4 aromatic rings. The van der Waals surface area contributed by atoms with Crippen molar-refractivity contribution in [1.82, 2.24) is 29.4 Å². The highest BCUT2D eigenvalue weighted by Crippen LogP contribution is 2.45. The zero-order valence-electron chi connectivity index (χ0n) is 20.1. The molecule has 2 atom stereocenters. The molecule has 0 amide bonds. The van der Waals surface area contributed by atoms with E-state index >= 15 is 0 Å². The van der Waals surface area contributed by atoms with Gasteiger partial charge in [0, 0.05) is 16.5 Å². The van der Waals surface area contributed by atoms with Gasteiger partial charge in [-0.1, -0.05) is 34.1 Å². The summed E-state index contributed by atoms with van der Waals surface area (Å²) in [7, 11) is 0. The Balaban J connectivity index is 1.47. The Hall–Kier alpha value is -2.49. The van der Waals surface area contributed by atoms with Crippen molar-refractivity contribution < 1.29 is 13.2 Å².